The number of carbonyl (C=O) groups is 4. The summed E-state index contributed by atoms with van der Waals surface area (Å²) in [5.41, 5.74) is -21.3. The Labute approximate surface area is 344 Å². The molecule has 8 nitrogen and oxygen atoms in total. The Bertz CT molecular complexity index is 2490. The van der Waals surface area contributed by atoms with Gasteiger partial charge in [-0.3, -0.25) is 24.5 Å². The van der Waals surface area contributed by atoms with E-state index in [9.17, 15) is 82.1 Å². The van der Waals surface area contributed by atoms with Gasteiger partial charge in [0.1, 0.15) is 0 Å². The number of nitrogens with zero attached hydrogens (tertiary/aromatic N) is 1. The van der Waals surface area contributed by atoms with Crippen molar-refractivity contribution in [1.82, 2.24) is 5.32 Å². The number of hydrogen-bond acceptors (Lipinski definition) is 6. The highest BCUT2D eigenvalue weighted by Gasteiger charge is 2.73. The molecule has 0 saturated heterocycles. The number of fused-ring (bicyclic) bond motifs is 2. The van der Waals surface area contributed by atoms with Crippen LogP contribution in [0.4, 0.5) is 58.4 Å². The molecule has 0 radical (unpaired) electrons. The van der Waals surface area contributed by atoms with Gasteiger partial charge in [0.05, 0.1) is 27.9 Å². The van der Waals surface area contributed by atoms with E-state index in [2.05, 4.69) is 19.2 Å². The van der Waals surface area contributed by atoms with Crippen LogP contribution in [0.5, 0.6) is 0 Å². The van der Waals surface area contributed by atoms with Crippen molar-refractivity contribution >= 4 is 29.3 Å². The first-order valence-electron chi connectivity index (χ1n) is 18.3. The molecule has 4 amide bonds. The predicted octanol–water partition coefficient (Wildman–Crippen LogP) is 10.5. The lowest BCUT2D eigenvalue weighted by molar-refractivity contribution is -0.376. The number of carbonyl (C=O) groups excluding carboxylic acids is 4. The number of alkyl halides is 12. The highest BCUT2D eigenvalue weighted by molar-refractivity contribution is 6.35. The van der Waals surface area contributed by atoms with Gasteiger partial charge in [0, 0.05) is 11.1 Å². The van der Waals surface area contributed by atoms with Gasteiger partial charge in [-0.1, -0.05) is 52.3 Å². The highest BCUT2D eigenvalue weighted by Crippen LogP contribution is 2.56. The average molecular weight is 891 g/mol. The lowest BCUT2D eigenvalue weighted by Gasteiger charge is -2.36. The zero-order chi connectivity index (χ0) is 47.0. The van der Waals surface area contributed by atoms with E-state index in [4.69, 9.17) is 0 Å². The molecule has 20 heteroatoms. The van der Waals surface area contributed by atoms with E-state index in [1.807, 2.05) is 0 Å². The molecular formula is C42H34F12N2O6. The molecule has 62 heavy (non-hydrogen) atoms. The number of benzene rings is 4. The molecule has 0 aromatic heterocycles. The Morgan fingerprint density at radius 1 is 0.532 bits per heavy atom. The predicted molar refractivity (Wildman–Crippen MR) is 198 cm³/mol. The van der Waals surface area contributed by atoms with Gasteiger partial charge < -0.3 is 10.2 Å². The lowest BCUT2D eigenvalue weighted by atomic mass is 9.79. The molecular weight excluding hydrogens is 856 g/mol. The molecule has 2 heterocycles. The summed E-state index contributed by atoms with van der Waals surface area (Å²) in [6.07, 6.45) is -25.1. The standard InChI is InChI=1S/C39H26F12N2O6.C3H8/c1-15(2)22-9-16(3)23(13-27(22)34(58,36(40,41)42)37(43,44)45)24-14-28(35(59,38(46,47)48)39(49,50)51)29(10-17(24)4)53-32(56)21-8-6-19(12-26(21)33(53)57)18-5-7-20-25(11-18)31(55)52-30(20)54;1-3-2/h5-15,58-59H,1-4H3,(H,52,54,55);3H2,1-2H3. The molecule has 2 aliphatic rings. The molecule has 0 bridgehead atoms. The van der Waals surface area contributed by atoms with Crippen molar-refractivity contribution < 1.29 is 82.1 Å². The van der Waals surface area contributed by atoms with Crippen LogP contribution in [0.1, 0.15) is 109 Å². The Balaban J connectivity index is 0.00000235. The minimum atomic E-state index is -6.70. The fourth-order valence-corrected chi connectivity index (χ4v) is 7.19. The van der Waals surface area contributed by atoms with Crippen LogP contribution in [0.3, 0.4) is 0 Å². The maximum absolute atomic E-state index is 14.6. The molecule has 0 fully saturated rings. The number of amides is 4. The molecule has 6 rings (SSSR count). The second-order valence-electron chi connectivity index (χ2n) is 15.0. The number of nitrogens with one attached hydrogen (secondary N) is 1. The third kappa shape index (κ3) is 7.39. The highest BCUT2D eigenvalue weighted by atomic mass is 19.4. The Kier molecular flexibility index (Phi) is 11.9. The molecule has 4 aromatic rings. The second-order valence-corrected chi connectivity index (χ2v) is 15.0. The second kappa shape index (κ2) is 15.5. The quantitative estimate of drug-likeness (QED) is 0.131. The molecule has 0 spiro atoms. The number of aryl methyl sites for hydroxylation is 2. The normalized spacial score (nSPS) is 14.9. The van der Waals surface area contributed by atoms with Gasteiger partial charge in [-0.05, 0) is 101 Å². The Morgan fingerprint density at radius 2 is 0.919 bits per heavy atom. The Morgan fingerprint density at radius 3 is 1.39 bits per heavy atom. The van der Waals surface area contributed by atoms with Crippen LogP contribution in [0.25, 0.3) is 22.3 Å². The first-order chi connectivity index (χ1) is 28.3. The van der Waals surface area contributed by atoms with Crippen LogP contribution >= 0.6 is 0 Å². The molecule has 0 atom stereocenters. The van der Waals surface area contributed by atoms with E-state index in [0.717, 1.165) is 45.9 Å². The molecule has 0 aliphatic carbocycles. The number of imide groups is 2. The summed E-state index contributed by atoms with van der Waals surface area (Å²) >= 11 is 0. The zero-order valence-corrected chi connectivity index (χ0v) is 33.1. The molecule has 0 unspecified atom stereocenters. The van der Waals surface area contributed by atoms with Crippen molar-refractivity contribution in [2.24, 2.45) is 0 Å². The van der Waals surface area contributed by atoms with E-state index in [0.29, 0.717) is 6.07 Å². The monoisotopic (exact) mass is 890 g/mol. The number of aliphatic hydroxyl groups is 2. The van der Waals surface area contributed by atoms with E-state index in [1.165, 1.54) is 30.7 Å². The summed E-state index contributed by atoms with van der Waals surface area (Å²) < 4.78 is 173. The van der Waals surface area contributed by atoms with Crippen LogP contribution in [-0.4, -0.2) is 58.5 Å². The average Bonchev–Trinajstić information content (AvgIpc) is 3.57. The van der Waals surface area contributed by atoms with Gasteiger partial charge in [0.25, 0.3) is 34.8 Å². The van der Waals surface area contributed by atoms with Crippen LogP contribution in [-0.2, 0) is 11.2 Å². The lowest BCUT2D eigenvalue weighted by Crippen LogP contribution is -2.54. The van der Waals surface area contributed by atoms with E-state index in [1.54, 1.807) is 0 Å². The van der Waals surface area contributed by atoms with Crippen LogP contribution in [0.2, 0.25) is 0 Å². The third-order valence-electron chi connectivity index (χ3n) is 10.3. The van der Waals surface area contributed by atoms with Crippen molar-refractivity contribution in [3.63, 3.8) is 0 Å². The molecule has 4 aromatic carbocycles. The number of halogens is 12. The van der Waals surface area contributed by atoms with Crippen molar-refractivity contribution in [1.29, 1.82) is 0 Å². The number of rotatable bonds is 6. The number of hydrogen-bond donors (Lipinski definition) is 3. The van der Waals surface area contributed by atoms with Crippen molar-refractivity contribution in [2.45, 2.75) is 89.8 Å². The first kappa shape index (κ1) is 47.3. The molecule has 2 aliphatic heterocycles. The topological polar surface area (TPSA) is 124 Å². The van der Waals surface area contributed by atoms with E-state index in [-0.39, 0.29) is 44.8 Å². The summed E-state index contributed by atoms with van der Waals surface area (Å²) in [5.74, 6) is -5.65. The third-order valence-corrected chi connectivity index (χ3v) is 10.3. The van der Waals surface area contributed by atoms with Crippen molar-refractivity contribution in [2.75, 3.05) is 4.90 Å². The van der Waals surface area contributed by atoms with Gasteiger partial charge in [-0.15, -0.1) is 0 Å². The summed E-state index contributed by atoms with van der Waals surface area (Å²) in [5, 5.41) is 23.2. The van der Waals surface area contributed by atoms with E-state index >= 15 is 0 Å². The summed E-state index contributed by atoms with van der Waals surface area (Å²) in [7, 11) is 0. The SMILES string of the molecule is CCC.Cc1cc(C(C)C)c(C(O)(C(F)(F)F)C(F)(F)F)cc1-c1cc(C(O)(C(F)(F)F)C(F)(F)F)c(N2C(=O)c3ccc(-c4ccc5c(c4)C(=O)NC5=O)cc3C2=O)cc1C. The number of anilines is 1. The maximum atomic E-state index is 14.6. The Hall–Kier alpha value is -5.76. The van der Waals surface area contributed by atoms with E-state index < -0.39 is 116 Å². The molecule has 3 N–H and O–H groups in total. The fourth-order valence-electron chi connectivity index (χ4n) is 7.19. The van der Waals surface area contributed by atoms with Crippen LogP contribution in [0, 0.1) is 13.8 Å². The van der Waals surface area contributed by atoms with Gasteiger partial charge in [0.15, 0.2) is 0 Å². The summed E-state index contributed by atoms with van der Waals surface area (Å²) in [4.78, 5) is 51.8. The van der Waals surface area contributed by atoms with Gasteiger partial charge in [0.2, 0.25) is 0 Å². The fraction of sp³-hybridized carbons (Fsp3) is 0.333. The van der Waals surface area contributed by atoms with Crippen LogP contribution < -0.4 is 10.2 Å². The maximum Gasteiger partial charge on any atom is 0.430 e. The smallest absolute Gasteiger partial charge is 0.369 e. The van der Waals surface area contributed by atoms with Gasteiger partial charge in [-0.25, -0.2) is 4.90 Å². The first-order valence-corrected chi connectivity index (χ1v) is 18.3. The summed E-state index contributed by atoms with van der Waals surface area (Å²) in [6.45, 7) is 8.58. The summed E-state index contributed by atoms with van der Waals surface area (Å²) in [6, 6.07) is 8.30. The largest absolute Gasteiger partial charge is 0.430 e. The van der Waals surface area contributed by atoms with Gasteiger partial charge in [-0.2, -0.15) is 52.7 Å². The molecule has 0 saturated carbocycles. The van der Waals surface area contributed by atoms with Gasteiger partial charge >= 0.3 is 24.7 Å². The minimum absolute atomic E-state index is 0.00386. The zero-order valence-electron chi connectivity index (χ0n) is 33.1. The molecule has 332 valence electrons. The van der Waals surface area contributed by atoms with Crippen LogP contribution in [0.15, 0.2) is 60.7 Å². The minimum Gasteiger partial charge on any atom is -0.369 e. The van der Waals surface area contributed by atoms with Crippen molar-refractivity contribution in [3.8, 4) is 22.3 Å². The van der Waals surface area contributed by atoms with Crippen molar-refractivity contribution in [3.05, 3.63) is 111 Å².